The maximum atomic E-state index is 6.74. The Bertz CT molecular complexity index is 129. The van der Waals surface area contributed by atoms with Crippen LogP contribution >= 0.6 is 11.1 Å². The van der Waals surface area contributed by atoms with Crippen LogP contribution in [0.15, 0.2) is 0 Å². The van der Waals surface area contributed by atoms with E-state index in [-0.39, 0.29) is 0 Å². The van der Waals surface area contributed by atoms with Crippen LogP contribution in [0.1, 0.15) is 40.5 Å². The highest BCUT2D eigenvalue weighted by Gasteiger charge is 2.37. The van der Waals surface area contributed by atoms with Gasteiger partial charge in [0.2, 0.25) is 0 Å². The summed E-state index contributed by atoms with van der Waals surface area (Å²) in [6, 6.07) is 1.22. The number of halogens is 1. The maximum Gasteiger partial charge on any atom is 0.161 e. The second kappa shape index (κ2) is 6.05. The fourth-order valence-corrected chi connectivity index (χ4v) is 5.47. The fourth-order valence-electron chi connectivity index (χ4n) is 1.78. The highest BCUT2D eigenvalue weighted by Crippen LogP contribution is 2.40. The van der Waals surface area contributed by atoms with E-state index in [4.69, 9.17) is 16.8 Å². The molecule has 0 fully saturated rings. The van der Waals surface area contributed by atoms with Gasteiger partial charge in [0.15, 0.2) is 7.38 Å². The van der Waals surface area contributed by atoms with Crippen LogP contribution in [-0.2, 0) is 0 Å². The Kier molecular flexibility index (Phi) is 6.26. The van der Waals surface area contributed by atoms with Crippen molar-refractivity contribution in [3.8, 4) is 0 Å². The molecular formula is C10H24ClNSi. The molecule has 0 saturated carbocycles. The van der Waals surface area contributed by atoms with E-state index in [0.717, 1.165) is 13.0 Å². The van der Waals surface area contributed by atoms with Gasteiger partial charge in [-0.3, -0.25) is 0 Å². The van der Waals surface area contributed by atoms with Crippen LogP contribution < -0.4 is 5.73 Å². The molecule has 0 aromatic carbocycles. The van der Waals surface area contributed by atoms with Gasteiger partial charge in [0.1, 0.15) is 0 Å². The highest BCUT2D eigenvalue weighted by molar-refractivity contribution is 7.21. The number of unbranched alkanes of at least 4 members (excludes halogenated alkanes) is 1. The smallest absolute Gasteiger partial charge is 0.161 e. The lowest BCUT2D eigenvalue weighted by atomic mass is 10.3. The summed E-state index contributed by atoms with van der Waals surface area (Å²) in [5, 5.41) is 0. The Morgan fingerprint density at radius 3 is 1.85 bits per heavy atom. The molecule has 13 heavy (non-hydrogen) atoms. The van der Waals surface area contributed by atoms with Crippen molar-refractivity contribution in [2.45, 2.75) is 57.7 Å². The van der Waals surface area contributed by atoms with E-state index >= 15 is 0 Å². The van der Waals surface area contributed by atoms with E-state index in [1.54, 1.807) is 0 Å². The van der Waals surface area contributed by atoms with Gasteiger partial charge in [-0.1, -0.05) is 34.1 Å². The highest BCUT2D eigenvalue weighted by atomic mass is 35.6. The summed E-state index contributed by atoms with van der Waals surface area (Å²) in [5.41, 5.74) is 6.83. The van der Waals surface area contributed by atoms with Gasteiger partial charge in [-0.05, 0) is 30.1 Å². The van der Waals surface area contributed by atoms with Crippen LogP contribution in [0.3, 0.4) is 0 Å². The summed E-state index contributed by atoms with van der Waals surface area (Å²) < 4.78 is 0. The molecule has 0 aliphatic carbocycles. The van der Waals surface area contributed by atoms with Gasteiger partial charge in [-0.15, -0.1) is 0 Å². The quantitative estimate of drug-likeness (QED) is 0.413. The summed E-state index contributed by atoms with van der Waals surface area (Å²) >= 11 is 6.74. The molecule has 0 heterocycles. The Balaban J connectivity index is 4.09. The first-order chi connectivity index (χ1) is 5.95. The molecule has 0 saturated heterocycles. The molecule has 0 aromatic rings. The molecule has 0 aliphatic heterocycles. The van der Waals surface area contributed by atoms with Crippen molar-refractivity contribution in [2.24, 2.45) is 5.73 Å². The zero-order valence-corrected chi connectivity index (χ0v) is 11.2. The molecule has 0 rings (SSSR count). The SMILES string of the molecule is CC(C)[Si](Cl)(CCCCN)C(C)C. The number of rotatable bonds is 6. The van der Waals surface area contributed by atoms with E-state index < -0.39 is 7.38 Å². The lowest BCUT2D eigenvalue weighted by Crippen LogP contribution is -2.34. The van der Waals surface area contributed by atoms with E-state index in [1.165, 1.54) is 12.5 Å². The minimum atomic E-state index is -1.52. The molecule has 0 atom stereocenters. The van der Waals surface area contributed by atoms with Gasteiger partial charge < -0.3 is 5.73 Å². The van der Waals surface area contributed by atoms with Crippen molar-refractivity contribution in [3.05, 3.63) is 0 Å². The predicted molar refractivity (Wildman–Crippen MR) is 64.9 cm³/mol. The molecule has 0 aromatic heterocycles. The minimum Gasteiger partial charge on any atom is -0.330 e. The third-order valence-electron chi connectivity index (χ3n) is 2.93. The van der Waals surface area contributed by atoms with Crippen LogP contribution in [0.5, 0.6) is 0 Å². The lowest BCUT2D eigenvalue weighted by molar-refractivity contribution is 0.776. The molecule has 80 valence electrons. The van der Waals surface area contributed by atoms with Crippen molar-refractivity contribution in [2.75, 3.05) is 6.54 Å². The van der Waals surface area contributed by atoms with Crippen LogP contribution in [0.2, 0.25) is 17.1 Å². The summed E-state index contributed by atoms with van der Waals surface area (Å²) in [4.78, 5) is 0. The van der Waals surface area contributed by atoms with Crippen molar-refractivity contribution >= 4 is 18.5 Å². The molecule has 0 amide bonds. The van der Waals surface area contributed by atoms with Gasteiger partial charge in [0.25, 0.3) is 0 Å². The molecule has 0 radical (unpaired) electrons. The fraction of sp³-hybridized carbons (Fsp3) is 1.00. The summed E-state index contributed by atoms with van der Waals surface area (Å²) in [7, 11) is -1.52. The zero-order valence-electron chi connectivity index (χ0n) is 9.44. The third kappa shape index (κ3) is 4.01. The van der Waals surface area contributed by atoms with Gasteiger partial charge in [-0.25, -0.2) is 0 Å². The van der Waals surface area contributed by atoms with E-state index in [1.807, 2.05) is 0 Å². The first kappa shape index (κ1) is 13.5. The first-order valence-corrected chi connectivity index (χ1v) is 8.71. The molecule has 0 spiro atoms. The molecule has 0 unspecified atom stereocenters. The molecular weight excluding hydrogens is 198 g/mol. The lowest BCUT2D eigenvalue weighted by Gasteiger charge is -2.32. The third-order valence-corrected chi connectivity index (χ3v) is 11.1. The second-order valence-electron chi connectivity index (χ2n) is 4.48. The van der Waals surface area contributed by atoms with Gasteiger partial charge in [-0.2, -0.15) is 11.1 Å². The largest absolute Gasteiger partial charge is 0.330 e. The minimum absolute atomic E-state index is 0.673. The number of nitrogens with two attached hydrogens (primary N) is 1. The zero-order chi connectivity index (χ0) is 10.5. The number of hydrogen-bond acceptors (Lipinski definition) is 1. The van der Waals surface area contributed by atoms with Crippen LogP contribution in [0.4, 0.5) is 0 Å². The molecule has 3 heteroatoms. The Morgan fingerprint density at radius 2 is 1.54 bits per heavy atom. The van der Waals surface area contributed by atoms with E-state index in [2.05, 4.69) is 27.7 Å². The van der Waals surface area contributed by atoms with Crippen molar-refractivity contribution in [1.29, 1.82) is 0 Å². The second-order valence-corrected chi connectivity index (χ2v) is 11.3. The molecule has 1 nitrogen and oxygen atoms in total. The average Bonchev–Trinajstić information content (AvgIpc) is 2.03. The normalized spacial score (nSPS) is 12.9. The predicted octanol–water partition coefficient (Wildman–Crippen LogP) is 3.73. The van der Waals surface area contributed by atoms with Gasteiger partial charge in [0.05, 0.1) is 0 Å². The van der Waals surface area contributed by atoms with Crippen molar-refractivity contribution < 1.29 is 0 Å². The molecule has 0 bridgehead atoms. The van der Waals surface area contributed by atoms with Crippen molar-refractivity contribution in [1.82, 2.24) is 0 Å². The molecule has 0 aliphatic rings. The van der Waals surface area contributed by atoms with E-state index in [9.17, 15) is 0 Å². The van der Waals surface area contributed by atoms with Crippen LogP contribution in [-0.4, -0.2) is 13.9 Å². The maximum absolute atomic E-state index is 6.74. The summed E-state index contributed by atoms with van der Waals surface area (Å²) in [6.07, 6.45) is 2.34. The average molecular weight is 222 g/mol. The van der Waals surface area contributed by atoms with Gasteiger partial charge in [0, 0.05) is 0 Å². The monoisotopic (exact) mass is 221 g/mol. The standard InChI is InChI=1S/C10H24ClNSi/c1-9(2)13(11,10(3)4)8-6-5-7-12/h9-10H,5-8,12H2,1-4H3. The summed E-state index contributed by atoms with van der Waals surface area (Å²) in [5.74, 6) is 0. The Hall–Kier alpha value is 0.467. The first-order valence-electron chi connectivity index (χ1n) is 5.34. The Morgan fingerprint density at radius 1 is 1.08 bits per heavy atom. The van der Waals surface area contributed by atoms with Crippen molar-refractivity contribution in [3.63, 3.8) is 0 Å². The van der Waals surface area contributed by atoms with Gasteiger partial charge >= 0.3 is 0 Å². The summed E-state index contributed by atoms with van der Waals surface area (Å²) in [6.45, 7) is 9.87. The Labute approximate surface area is 88.8 Å². The van der Waals surface area contributed by atoms with E-state index in [0.29, 0.717) is 11.1 Å². The molecule has 2 N–H and O–H groups in total. The topological polar surface area (TPSA) is 26.0 Å². The van der Waals surface area contributed by atoms with Crippen LogP contribution in [0, 0.1) is 0 Å². The van der Waals surface area contributed by atoms with Crippen LogP contribution in [0.25, 0.3) is 0 Å². The number of hydrogen-bond donors (Lipinski definition) is 1.